The summed E-state index contributed by atoms with van der Waals surface area (Å²) < 4.78 is 0. The highest BCUT2D eigenvalue weighted by molar-refractivity contribution is 6.03. The quantitative estimate of drug-likeness (QED) is 0.244. The molecule has 0 N–H and O–H groups in total. The van der Waals surface area contributed by atoms with Crippen molar-refractivity contribution in [2.45, 2.75) is 97.8 Å². The maximum Gasteiger partial charge on any atom is 0.226 e. The van der Waals surface area contributed by atoms with Crippen LogP contribution >= 0.6 is 0 Å². The molecule has 1 aromatic carbocycles. The number of aromatic nitrogens is 3. The molecule has 3 aromatic heterocycles. The van der Waals surface area contributed by atoms with E-state index in [1.54, 1.807) is 0 Å². The highest BCUT2D eigenvalue weighted by Crippen LogP contribution is 2.48. The summed E-state index contributed by atoms with van der Waals surface area (Å²) in [6, 6.07) is 10.9. The molecule has 1 aliphatic heterocycles. The van der Waals surface area contributed by atoms with E-state index < -0.39 is 0 Å². The van der Waals surface area contributed by atoms with Crippen LogP contribution in [0.5, 0.6) is 0 Å². The van der Waals surface area contributed by atoms with Gasteiger partial charge in [-0.2, -0.15) is 0 Å². The number of hydrogen-bond donors (Lipinski definition) is 0. The number of carbonyl (C=O) groups is 1. The highest BCUT2D eigenvalue weighted by Gasteiger charge is 2.30. The molecule has 4 heterocycles. The molecule has 1 fully saturated rings. The van der Waals surface area contributed by atoms with Gasteiger partial charge >= 0.3 is 0 Å². The van der Waals surface area contributed by atoms with Crippen LogP contribution in [0, 0.1) is 0 Å². The van der Waals surface area contributed by atoms with Gasteiger partial charge in [-0.25, -0.2) is 0 Å². The second-order valence-electron chi connectivity index (χ2n) is 14.9. The number of piperidine rings is 1. The second-order valence-corrected chi connectivity index (χ2v) is 14.9. The lowest BCUT2D eigenvalue weighted by Gasteiger charge is -2.33. The third-order valence-electron chi connectivity index (χ3n) is 8.51. The van der Waals surface area contributed by atoms with Gasteiger partial charge in [-0.15, -0.1) is 0 Å². The lowest BCUT2D eigenvalue weighted by atomic mass is 9.77. The second kappa shape index (κ2) is 11.3. The van der Waals surface area contributed by atoms with Crippen LogP contribution in [0.3, 0.4) is 0 Å². The van der Waals surface area contributed by atoms with E-state index in [0.29, 0.717) is 13.0 Å². The van der Waals surface area contributed by atoms with Crippen molar-refractivity contribution in [3.63, 3.8) is 0 Å². The number of rotatable bonds is 4. The zero-order valence-corrected chi connectivity index (χ0v) is 27.4. The Kier molecular flexibility index (Phi) is 8.06. The van der Waals surface area contributed by atoms with Crippen molar-refractivity contribution in [3.8, 4) is 33.4 Å². The highest BCUT2D eigenvalue weighted by atomic mass is 16.2. The summed E-state index contributed by atoms with van der Waals surface area (Å²) in [6.45, 7) is 20.9. The van der Waals surface area contributed by atoms with E-state index >= 15 is 0 Å². The van der Waals surface area contributed by atoms with Crippen molar-refractivity contribution in [1.82, 2.24) is 15.0 Å². The predicted octanol–water partition coefficient (Wildman–Crippen LogP) is 9.28. The van der Waals surface area contributed by atoms with Crippen LogP contribution in [0.25, 0.3) is 33.4 Å². The van der Waals surface area contributed by atoms with Gasteiger partial charge in [0, 0.05) is 72.4 Å². The standard InChI is InChI=1S/C38H46N4O/c1-36(2,3)31-13-16-39-22-28(31)25-20-27(30-24-41-18-15-33(30)38(7,8)9)34(42-19-11-10-12-35(42)43)21-26(25)29-23-40-17-14-32(29)37(4,5)6/h13-18,20-24H,10-12,19H2,1-9H3. The molecule has 0 aliphatic carbocycles. The number of nitrogens with zero attached hydrogens (tertiary/aromatic N) is 4. The number of carbonyl (C=O) groups excluding carboxylic acids is 1. The Bertz CT molecular complexity index is 1650. The van der Waals surface area contributed by atoms with E-state index in [9.17, 15) is 4.79 Å². The summed E-state index contributed by atoms with van der Waals surface area (Å²) in [4.78, 5) is 29.4. The number of benzene rings is 1. The number of hydrogen-bond acceptors (Lipinski definition) is 4. The normalized spacial score (nSPS) is 14.7. The molecule has 1 saturated heterocycles. The molecule has 5 nitrogen and oxygen atoms in total. The number of pyridine rings is 3. The Morgan fingerprint density at radius 3 is 1.40 bits per heavy atom. The van der Waals surface area contributed by atoms with Crippen molar-refractivity contribution < 1.29 is 4.79 Å². The van der Waals surface area contributed by atoms with Gasteiger partial charge in [0.05, 0.1) is 5.69 Å². The molecule has 43 heavy (non-hydrogen) atoms. The molecule has 1 aliphatic rings. The van der Waals surface area contributed by atoms with Gasteiger partial charge < -0.3 is 4.90 Å². The smallest absolute Gasteiger partial charge is 0.226 e. The fourth-order valence-corrected chi connectivity index (χ4v) is 6.32. The minimum Gasteiger partial charge on any atom is -0.312 e. The molecule has 0 spiro atoms. The molecule has 0 radical (unpaired) electrons. The molecule has 224 valence electrons. The minimum absolute atomic E-state index is 0.107. The van der Waals surface area contributed by atoms with Crippen LogP contribution < -0.4 is 4.90 Å². The molecule has 1 amide bonds. The van der Waals surface area contributed by atoms with Crippen LogP contribution in [0.15, 0.2) is 67.5 Å². The van der Waals surface area contributed by atoms with Crippen molar-refractivity contribution in [3.05, 3.63) is 84.2 Å². The monoisotopic (exact) mass is 574 g/mol. The summed E-state index contributed by atoms with van der Waals surface area (Å²) in [5, 5.41) is 0. The lowest BCUT2D eigenvalue weighted by Crippen LogP contribution is -2.35. The van der Waals surface area contributed by atoms with E-state index in [1.165, 1.54) is 16.7 Å². The molecule has 0 atom stereocenters. The number of anilines is 1. The molecule has 0 unspecified atom stereocenters. The van der Waals surface area contributed by atoms with Gasteiger partial charge in [0.1, 0.15) is 0 Å². The Balaban J connectivity index is 1.96. The zero-order chi connectivity index (χ0) is 31.2. The van der Waals surface area contributed by atoms with Crippen molar-refractivity contribution >= 4 is 11.6 Å². The Hall–Kier alpha value is -3.86. The molecular formula is C38H46N4O. The van der Waals surface area contributed by atoms with Gasteiger partial charge in [0.25, 0.3) is 0 Å². The van der Waals surface area contributed by atoms with E-state index in [0.717, 1.165) is 51.9 Å². The molecule has 5 rings (SSSR count). The average molecular weight is 575 g/mol. The molecule has 0 saturated carbocycles. The van der Waals surface area contributed by atoms with Gasteiger partial charge in [0.15, 0.2) is 0 Å². The van der Waals surface area contributed by atoms with E-state index in [1.807, 2.05) is 42.1 Å². The first-order chi connectivity index (χ1) is 20.2. The maximum absolute atomic E-state index is 13.6. The van der Waals surface area contributed by atoms with Gasteiger partial charge in [-0.1, -0.05) is 62.3 Å². The third-order valence-corrected chi connectivity index (χ3v) is 8.51. The van der Waals surface area contributed by atoms with E-state index in [4.69, 9.17) is 0 Å². The first kappa shape index (κ1) is 30.6. The topological polar surface area (TPSA) is 59.0 Å². The number of amides is 1. The van der Waals surface area contributed by atoms with E-state index in [2.05, 4.69) is 108 Å². The van der Waals surface area contributed by atoms with Crippen LogP contribution in [0.2, 0.25) is 0 Å². The zero-order valence-electron chi connectivity index (χ0n) is 27.4. The molecule has 4 aromatic rings. The van der Waals surface area contributed by atoms with Crippen LogP contribution in [-0.4, -0.2) is 27.4 Å². The summed E-state index contributed by atoms with van der Waals surface area (Å²) in [5.41, 5.74) is 10.6. The fraction of sp³-hybridized carbons (Fsp3) is 0.421. The molecular weight excluding hydrogens is 528 g/mol. The maximum atomic E-state index is 13.6. The lowest BCUT2D eigenvalue weighted by molar-refractivity contribution is -0.119. The van der Waals surface area contributed by atoms with Crippen LogP contribution in [0.1, 0.15) is 98.3 Å². The largest absolute Gasteiger partial charge is 0.312 e. The van der Waals surface area contributed by atoms with Gasteiger partial charge in [0.2, 0.25) is 5.91 Å². The van der Waals surface area contributed by atoms with Crippen molar-refractivity contribution in [1.29, 1.82) is 0 Å². The third kappa shape index (κ3) is 6.13. The van der Waals surface area contributed by atoms with Crippen LogP contribution in [0.4, 0.5) is 5.69 Å². The summed E-state index contributed by atoms with van der Waals surface area (Å²) in [6.07, 6.45) is 14.1. The Morgan fingerprint density at radius 1 is 0.558 bits per heavy atom. The van der Waals surface area contributed by atoms with Gasteiger partial charge in [-0.05, 0) is 87.2 Å². The predicted molar refractivity (Wildman–Crippen MR) is 178 cm³/mol. The summed E-state index contributed by atoms with van der Waals surface area (Å²) in [7, 11) is 0. The Morgan fingerprint density at radius 2 is 0.977 bits per heavy atom. The van der Waals surface area contributed by atoms with E-state index in [-0.39, 0.29) is 22.2 Å². The summed E-state index contributed by atoms with van der Waals surface area (Å²) in [5.74, 6) is 0.173. The SMILES string of the molecule is CC(C)(C)c1ccncc1-c1cc(-c2cnccc2C(C)(C)C)c(N2CCCCC2=O)cc1-c1cnccc1C(C)(C)C. The average Bonchev–Trinajstić information content (AvgIpc) is 2.95. The van der Waals surface area contributed by atoms with Crippen molar-refractivity contribution in [2.75, 3.05) is 11.4 Å². The Labute approximate surface area is 257 Å². The van der Waals surface area contributed by atoms with Crippen molar-refractivity contribution in [2.24, 2.45) is 0 Å². The summed E-state index contributed by atoms with van der Waals surface area (Å²) >= 11 is 0. The molecule has 5 heteroatoms. The first-order valence-corrected chi connectivity index (χ1v) is 15.5. The fourth-order valence-electron chi connectivity index (χ4n) is 6.32. The van der Waals surface area contributed by atoms with Gasteiger partial charge in [-0.3, -0.25) is 19.7 Å². The first-order valence-electron chi connectivity index (χ1n) is 15.5. The molecule has 0 bridgehead atoms. The van der Waals surface area contributed by atoms with Crippen LogP contribution in [-0.2, 0) is 21.0 Å². The minimum atomic E-state index is -0.117.